The highest BCUT2D eigenvalue weighted by molar-refractivity contribution is 5.87. The van der Waals surface area contributed by atoms with Crippen LogP contribution in [0.2, 0.25) is 0 Å². The molecule has 2 atom stereocenters. The molecule has 118 valence electrons. The molecule has 21 heavy (non-hydrogen) atoms. The Hall–Kier alpha value is -1.59. The summed E-state index contributed by atoms with van der Waals surface area (Å²) in [5.41, 5.74) is 6.71. The molecule has 0 aliphatic rings. The number of hydrogen-bond acceptors (Lipinski definition) is 3. The van der Waals surface area contributed by atoms with Crippen LogP contribution in [0.15, 0.2) is 30.3 Å². The van der Waals surface area contributed by atoms with Crippen molar-refractivity contribution >= 4 is 24.2 Å². The molecule has 6 heteroatoms. The first-order valence-electron chi connectivity index (χ1n) is 6.79. The van der Waals surface area contributed by atoms with Crippen LogP contribution in [0.25, 0.3) is 0 Å². The zero-order valence-corrected chi connectivity index (χ0v) is 13.4. The van der Waals surface area contributed by atoms with E-state index in [0.717, 1.165) is 5.56 Å². The summed E-state index contributed by atoms with van der Waals surface area (Å²) in [4.78, 5) is 23.4. The zero-order valence-electron chi connectivity index (χ0n) is 12.6. The van der Waals surface area contributed by atoms with Gasteiger partial charge in [-0.05, 0) is 18.4 Å². The number of rotatable bonds is 6. The molecular weight excluding hydrogens is 290 g/mol. The quantitative estimate of drug-likeness (QED) is 0.742. The summed E-state index contributed by atoms with van der Waals surface area (Å²) < 4.78 is 0. The van der Waals surface area contributed by atoms with E-state index in [9.17, 15) is 9.59 Å². The number of halogens is 1. The van der Waals surface area contributed by atoms with Crippen molar-refractivity contribution in [1.82, 2.24) is 10.6 Å². The van der Waals surface area contributed by atoms with Gasteiger partial charge >= 0.3 is 0 Å². The molecule has 1 unspecified atom stereocenters. The molecule has 5 nitrogen and oxygen atoms in total. The molecule has 0 aliphatic carbocycles. The minimum absolute atomic E-state index is 0. The predicted octanol–water partition coefficient (Wildman–Crippen LogP) is 1.39. The van der Waals surface area contributed by atoms with Gasteiger partial charge in [0, 0.05) is 0 Å². The molecule has 0 aromatic heterocycles. The van der Waals surface area contributed by atoms with Crippen molar-refractivity contribution in [3.8, 4) is 0 Å². The molecule has 0 aliphatic heterocycles. The van der Waals surface area contributed by atoms with E-state index in [1.807, 2.05) is 51.1 Å². The van der Waals surface area contributed by atoms with Gasteiger partial charge in [0.05, 0.1) is 18.6 Å². The second-order valence-corrected chi connectivity index (χ2v) is 5.19. The number of hydrogen-bond donors (Lipinski definition) is 3. The first-order valence-corrected chi connectivity index (χ1v) is 6.79. The standard InChI is InChI=1S/C15H23N3O2.ClH/c1-10(2)14(16)15(20)17-9-13(19)18-11(3)12-7-5-4-6-8-12;/h4-8,10-11,14H,9,16H2,1-3H3,(H,17,20)(H,18,19);1H/t11?,14-;/m0./s1. The van der Waals surface area contributed by atoms with E-state index in [0.29, 0.717) is 0 Å². The van der Waals surface area contributed by atoms with Crippen molar-refractivity contribution in [2.75, 3.05) is 6.54 Å². The van der Waals surface area contributed by atoms with Crippen LogP contribution in [-0.4, -0.2) is 24.4 Å². The molecule has 2 amide bonds. The monoisotopic (exact) mass is 313 g/mol. The zero-order chi connectivity index (χ0) is 15.1. The molecule has 0 bridgehead atoms. The molecule has 1 aromatic rings. The highest BCUT2D eigenvalue weighted by Gasteiger charge is 2.18. The number of benzene rings is 1. The van der Waals surface area contributed by atoms with Crippen LogP contribution in [0.5, 0.6) is 0 Å². The third-order valence-corrected chi connectivity index (χ3v) is 3.12. The molecule has 0 spiro atoms. The van der Waals surface area contributed by atoms with Crippen LogP contribution in [0, 0.1) is 5.92 Å². The van der Waals surface area contributed by atoms with E-state index < -0.39 is 6.04 Å². The normalized spacial score (nSPS) is 13.0. The molecule has 0 radical (unpaired) electrons. The molecule has 0 heterocycles. The Kier molecular flexibility index (Phi) is 8.66. The first kappa shape index (κ1) is 19.4. The van der Waals surface area contributed by atoms with E-state index in [2.05, 4.69) is 10.6 Å². The lowest BCUT2D eigenvalue weighted by Gasteiger charge is -2.17. The molecular formula is C15H24ClN3O2. The van der Waals surface area contributed by atoms with Crippen LogP contribution in [0.3, 0.4) is 0 Å². The third-order valence-electron chi connectivity index (χ3n) is 3.12. The van der Waals surface area contributed by atoms with Gasteiger partial charge in [-0.2, -0.15) is 0 Å². The van der Waals surface area contributed by atoms with Gasteiger partial charge in [0.2, 0.25) is 11.8 Å². The van der Waals surface area contributed by atoms with Crippen molar-refractivity contribution in [1.29, 1.82) is 0 Å². The fraction of sp³-hybridized carbons (Fsp3) is 0.467. The van der Waals surface area contributed by atoms with E-state index in [1.165, 1.54) is 0 Å². The van der Waals surface area contributed by atoms with Gasteiger partial charge in [-0.25, -0.2) is 0 Å². The van der Waals surface area contributed by atoms with Gasteiger partial charge in [0.25, 0.3) is 0 Å². The van der Waals surface area contributed by atoms with Gasteiger partial charge in [0.1, 0.15) is 0 Å². The summed E-state index contributed by atoms with van der Waals surface area (Å²) >= 11 is 0. The van der Waals surface area contributed by atoms with Gasteiger partial charge in [0.15, 0.2) is 0 Å². The summed E-state index contributed by atoms with van der Waals surface area (Å²) in [6.07, 6.45) is 0. The van der Waals surface area contributed by atoms with Crippen molar-refractivity contribution in [3.05, 3.63) is 35.9 Å². The number of carbonyl (C=O) groups is 2. The molecule has 0 saturated carbocycles. The molecule has 4 N–H and O–H groups in total. The van der Waals surface area contributed by atoms with Gasteiger partial charge < -0.3 is 16.4 Å². The summed E-state index contributed by atoms with van der Waals surface area (Å²) in [7, 11) is 0. The van der Waals surface area contributed by atoms with Crippen LogP contribution >= 0.6 is 12.4 Å². The largest absolute Gasteiger partial charge is 0.348 e. The molecule has 0 saturated heterocycles. The lowest BCUT2D eigenvalue weighted by Crippen LogP contribution is -2.47. The van der Waals surface area contributed by atoms with E-state index >= 15 is 0 Å². The van der Waals surface area contributed by atoms with Crippen molar-refractivity contribution in [2.45, 2.75) is 32.9 Å². The Morgan fingerprint density at radius 3 is 2.24 bits per heavy atom. The second-order valence-electron chi connectivity index (χ2n) is 5.19. The highest BCUT2D eigenvalue weighted by atomic mass is 35.5. The average molecular weight is 314 g/mol. The topological polar surface area (TPSA) is 84.2 Å². The molecule has 0 fully saturated rings. The van der Waals surface area contributed by atoms with Crippen molar-refractivity contribution < 1.29 is 9.59 Å². The Balaban J connectivity index is 0.00000400. The predicted molar refractivity (Wildman–Crippen MR) is 86.1 cm³/mol. The van der Waals surface area contributed by atoms with Crippen LogP contribution in [-0.2, 0) is 9.59 Å². The highest BCUT2D eigenvalue weighted by Crippen LogP contribution is 2.10. The van der Waals surface area contributed by atoms with Crippen molar-refractivity contribution in [2.24, 2.45) is 11.7 Å². The summed E-state index contributed by atoms with van der Waals surface area (Å²) in [5.74, 6) is -0.491. The maximum absolute atomic E-state index is 11.8. The second kappa shape index (κ2) is 9.37. The van der Waals surface area contributed by atoms with E-state index in [4.69, 9.17) is 5.73 Å². The number of amides is 2. The summed E-state index contributed by atoms with van der Waals surface area (Å²) in [6.45, 7) is 5.56. The van der Waals surface area contributed by atoms with Crippen molar-refractivity contribution in [3.63, 3.8) is 0 Å². The SMILES string of the molecule is CC(NC(=O)CNC(=O)[C@@H](N)C(C)C)c1ccccc1.Cl. The minimum atomic E-state index is -0.589. The van der Waals surface area contributed by atoms with E-state index in [1.54, 1.807) is 0 Å². The van der Waals surface area contributed by atoms with Crippen LogP contribution < -0.4 is 16.4 Å². The van der Waals surface area contributed by atoms with Crippen LogP contribution in [0.1, 0.15) is 32.4 Å². The Labute approximate surface area is 132 Å². The van der Waals surface area contributed by atoms with Gasteiger partial charge in [-0.1, -0.05) is 44.2 Å². The summed E-state index contributed by atoms with van der Waals surface area (Å²) in [5, 5.41) is 5.37. The fourth-order valence-corrected chi connectivity index (χ4v) is 1.71. The smallest absolute Gasteiger partial charge is 0.239 e. The Morgan fingerprint density at radius 2 is 1.71 bits per heavy atom. The van der Waals surface area contributed by atoms with Crippen LogP contribution in [0.4, 0.5) is 0 Å². The molecule has 1 aromatic carbocycles. The fourth-order valence-electron chi connectivity index (χ4n) is 1.71. The van der Waals surface area contributed by atoms with Gasteiger partial charge in [-0.15, -0.1) is 12.4 Å². The lowest BCUT2D eigenvalue weighted by molar-refractivity contribution is -0.127. The molecule has 1 rings (SSSR count). The van der Waals surface area contributed by atoms with E-state index in [-0.39, 0.29) is 42.7 Å². The average Bonchev–Trinajstić information content (AvgIpc) is 2.44. The number of nitrogens with two attached hydrogens (primary N) is 1. The Morgan fingerprint density at radius 1 is 1.14 bits per heavy atom. The number of nitrogens with one attached hydrogen (secondary N) is 2. The summed E-state index contributed by atoms with van der Waals surface area (Å²) in [6, 6.07) is 8.96. The maximum Gasteiger partial charge on any atom is 0.239 e. The number of carbonyl (C=O) groups excluding carboxylic acids is 2. The first-order chi connectivity index (χ1) is 9.41. The third kappa shape index (κ3) is 6.60. The minimum Gasteiger partial charge on any atom is -0.348 e. The van der Waals surface area contributed by atoms with Gasteiger partial charge in [-0.3, -0.25) is 9.59 Å². The maximum atomic E-state index is 11.8. The Bertz CT molecular complexity index is 451. The lowest BCUT2D eigenvalue weighted by atomic mass is 10.1.